The van der Waals surface area contributed by atoms with Crippen molar-refractivity contribution in [2.24, 2.45) is 0 Å². The summed E-state index contributed by atoms with van der Waals surface area (Å²) >= 11 is 3.39. The van der Waals surface area contributed by atoms with Gasteiger partial charge in [-0.1, -0.05) is 6.07 Å². The Labute approximate surface area is 113 Å². The summed E-state index contributed by atoms with van der Waals surface area (Å²) in [7, 11) is 0. The highest BCUT2D eigenvalue weighted by molar-refractivity contribution is 8.01. The lowest BCUT2D eigenvalue weighted by Gasteiger charge is -2.15. The van der Waals surface area contributed by atoms with Crippen LogP contribution in [-0.4, -0.2) is 21.4 Å². The summed E-state index contributed by atoms with van der Waals surface area (Å²) in [5.41, 5.74) is 2.12. The number of nitrogens with one attached hydrogen (secondary N) is 2. The predicted octanol–water partition coefficient (Wildman–Crippen LogP) is 2.94. The Morgan fingerprint density at radius 1 is 1.44 bits per heavy atom. The fraction of sp³-hybridized carbons (Fsp3) is 0.333. The van der Waals surface area contributed by atoms with E-state index in [0.29, 0.717) is 5.82 Å². The minimum absolute atomic E-state index is 0.0202. The first-order valence-corrected chi connectivity index (χ1v) is 7.53. The molecular weight excluding hydrogens is 266 g/mol. The van der Waals surface area contributed by atoms with E-state index in [1.54, 1.807) is 23.1 Å². The topological polar surface area (TPSA) is 57.8 Å². The van der Waals surface area contributed by atoms with Gasteiger partial charge in [0.1, 0.15) is 0 Å². The molecule has 3 rings (SSSR count). The normalized spacial score (nSPS) is 23.3. The van der Waals surface area contributed by atoms with E-state index in [0.717, 1.165) is 11.3 Å². The Hall–Kier alpha value is -1.27. The smallest absolute Gasteiger partial charge is 0.238 e. The minimum atomic E-state index is -0.0781. The van der Waals surface area contributed by atoms with Crippen LogP contribution < -0.4 is 5.32 Å². The number of hydrogen-bond acceptors (Lipinski definition) is 4. The van der Waals surface area contributed by atoms with Gasteiger partial charge in [-0.05, 0) is 25.3 Å². The van der Waals surface area contributed by atoms with Crippen LogP contribution >= 0.6 is 23.1 Å². The molecule has 6 heteroatoms. The summed E-state index contributed by atoms with van der Waals surface area (Å²) in [6, 6.07) is 4.15. The summed E-state index contributed by atoms with van der Waals surface area (Å²) in [6.07, 6.45) is 0. The highest BCUT2D eigenvalue weighted by atomic mass is 32.2. The fourth-order valence-corrected chi connectivity index (χ4v) is 4.33. The Morgan fingerprint density at radius 2 is 2.28 bits per heavy atom. The molecule has 0 bridgehead atoms. The van der Waals surface area contributed by atoms with Crippen LogP contribution in [0.15, 0.2) is 17.5 Å². The SMILES string of the molecule is Cc1[nH]nc2c1[C@@H](c1cccs1)S[C@@H](C)C(=O)N2. The van der Waals surface area contributed by atoms with Gasteiger partial charge >= 0.3 is 0 Å². The highest BCUT2D eigenvalue weighted by Crippen LogP contribution is 2.45. The van der Waals surface area contributed by atoms with E-state index in [1.807, 2.05) is 19.9 Å². The second-order valence-corrected chi connectivity index (χ2v) is 6.70. The van der Waals surface area contributed by atoms with E-state index < -0.39 is 0 Å². The van der Waals surface area contributed by atoms with Gasteiger partial charge in [-0.25, -0.2) is 0 Å². The maximum absolute atomic E-state index is 11.9. The van der Waals surface area contributed by atoms with Crippen molar-refractivity contribution >= 4 is 34.8 Å². The third-order valence-electron chi connectivity index (χ3n) is 3.01. The molecule has 0 saturated heterocycles. The molecule has 4 nitrogen and oxygen atoms in total. The summed E-state index contributed by atoms with van der Waals surface area (Å²) in [5.74, 6) is 0.694. The van der Waals surface area contributed by atoms with E-state index >= 15 is 0 Å². The largest absolute Gasteiger partial charge is 0.308 e. The zero-order valence-electron chi connectivity index (χ0n) is 10.1. The molecule has 0 unspecified atom stereocenters. The Morgan fingerprint density at radius 3 is 3.00 bits per heavy atom. The number of amides is 1. The van der Waals surface area contributed by atoms with Crippen LogP contribution in [0, 0.1) is 6.92 Å². The van der Waals surface area contributed by atoms with E-state index in [9.17, 15) is 4.79 Å². The molecule has 3 heterocycles. The lowest BCUT2D eigenvalue weighted by molar-refractivity contribution is -0.115. The fourth-order valence-electron chi connectivity index (χ4n) is 2.06. The van der Waals surface area contributed by atoms with E-state index in [-0.39, 0.29) is 16.4 Å². The first kappa shape index (κ1) is 11.8. The van der Waals surface area contributed by atoms with E-state index in [2.05, 4.69) is 27.0 Å². The number of thioether (sulfide) groups is 1. The molecule has 1 aliphatic rings. The molecule has 1 aliphatic heterocycles. The molecular formula is C12H13N3OS2. The standard InChI is InChI=1S/C12H13N3OS2/c1-6-9-10(8-4-3-5-17-8)18-7(2)12(16)13-11(9)15-14-6/h3-5,7,10H,1-2H3,(H2,13,14,15,16)/t7-,10+/m0/s1. The van der Waals surface area contributed by atoms with Crippen LogP contribution in [0.1, 0.15) is 28.3 Å². The van der Waals surface area contributed by atoms with Gasteiger partial charge in [0.2, 0.25) is 5.91 Å². The third kappa shape index (κ3) is 1.85. The van der Waals surface area contributed by atoms with Gasteiger partial charge in [0, 0.05) is 16.1 Å². The van der Waals surface area contributed by atoms with Crippen molar-refractivity contribution in [2.45, 2.75) is 24.3 Å². The molecule has 0 radical (unpaired) electrons. The molecule has 2 atom stereocenters. The summed E-state index contributed by atoms with van der Waals surface area (Å²) in [6.45, 7) is 3.93. The summed E-state index contributed by atoms with van der Waals surface area (Å²) < 4.78 is 0. The average molecular weight is 279 g/mol. The zero-order chi connectivity index (χ0) is 12.7. The first-order chi connectivity index (χ1) is 8.66. The molecule has 2 aromatic rings. The van der Waals surface area contributed by atoms with E-state index in [1.165, 1.54) is 4.88 Å². The van der Waals surface area contributed by atoms with Crippen LogP contribution in [0.5, 0.6) is 0 Å². The van der Waals surface area contributed by atoms with Gasteiger partial charge < -0.3 is 5.32 Å². The van der Waals surface area contributed by atoms with Crippen molar-refractivity contribution in [1.29, 1.82) is 0 Å². The molecule has 0 saturated carbocycles. The quantitative estimate of drug-likeness (QED) is 0.844. The Bertz CT molecular complexity index is 576. The van der Waals surface area contributed by atoms with Gasteiger partial charge in [0.15, 0.2) is 5.82 Å². The lowest BCUT2D eigenvalue weighted by Crippen LogP contribution is -2.21. The molecule has 0 spiro atoms. The molecule has 0 aromatic carbocycles. The van der Waals surface area contributed by atoms with Crippen molar-refractivity contribution in [1.82, 2.24) is 10.2 Å². The Balaban J connectivity index is 2.12. The molecule has 18 heavy (non-hydrogen) atoms. The van der Waals surface area contributed by atoms with Crippen molar-refractivity contribution in [3.8, 4) is 0 Å². The predicted molar refractivity (Wildman–Crippen MR) is 75.2 cm³/mol. The number of aryl methyl sites for hydroxylation is 1. The van der Waals surface area contributed by atoms with Gasteiger partial charge in [-0.3, -0.25) is 9.89 Å². The number of aromatic nitrogens is 2. The zero-order valence-corrected chi connectivity index (χ0v) is 11.7. The second kappa shape index (κ2) is 4.44. The van der Waals surface area contributed by atoms with Crippen molar-refractivity contribution in [3.05, 3.63) is 33.6 Å². The number of anilines is 1. The number of aromatic amines is 1. The number of H-pyrrole nitrogens is 1. The first-order valence-electron chi connectivity index (χ1n) is 5.71. The van der Waals surface area contributed by atoms with Crippen molar-refractivity contribution in [2.75, 3.05) is 5.32 Å². The van der Waals surface area contributed by atoms with Crippen LogP contribution in [0.25, 0.3) is 0 Å². The molecule has 2 aromatic heterocycles. The number of hydrogen-bond donors (Lipinski definition) is 2. The number of thiophene rings is 1. The van der Waals surface area contributed by atoms with Crippen LogP contribution in [0.3, 0.4) is 0 Å². The monoisotopic (exact) mass is 279 g/mol. The molecule has 94 valence electrons. The third-order valence-corrected chi connectivity index (χ3v) is 5.48. The molecule has 0 fully saturated rings. The summed E-state index contributed by atoms with van der Waals surface area (Å²) in [4.78, 5) is 13.2. The average Bonchev–Trinajstić information content (AvgIpc) is 2.95. The van der Waals surface area contributed by atoms with Gasteiger partial charge in [-0.15, -0.1) is 23.1 Å². The molecule has 1 amide bonds. The summed E-state index contributed by atoms with van der Waals surface area (Å²) in [5, 5.41) is 12.2. The van der Waals surface area contributed by atoms with Gasteiger partial charge in [0.05, 0.1) is 10.5 Å². The number of rotatable bonds is 1. The molecule has 2 N–H and O–H groups in total. The number of nitrogens with zero attached hydrogens (tertiary/aromatic N) is 1. The van der Waals surface area contributed by atoms with Crippen LogP contribution in [0.2, 0.25) is 0 Å². The highest BCUT2D eigenvalue weighted by Gasteiger charge is 2.32. The maximum Gasteiger partial charge on any atom is 0.238 e. The van der Waals surface area contributed by atoms with Crippen molar-refractivity contribution < 1.29 is 4.79 Å². The molecule has 0 aliphatic carbocycles. The number of carbonyl (C=O) groups excluding carboxylic acids is 1. The number of fused-ring (bicyclic) bond motifs is 1. The van der Waals surface area contributed by atoms with Crippen LogP contribution in [0.4, 0.5) is 5.82 Å². The lowest BCUT2D eigenvalue weighted by atomic mass is 10.1. The van der Waals surface area contributed by atoms with Gasteiger partial charge in [0.25, 0.3) is 0 Å². The minimum Gasteiger partial charge on any atom is -0.308 e. The van der Waals surface area contributed by atoms with Crippen molar-refractivity contribution in [3.63, 3.8) is 0 Å². The van der Waals surface area contributed by atoms with E-state index in [4.69, 9.17) is 0 Å². The van der Waals surface area contributed by atoms with Crippen LogP contribution in [-0.2, 0) is 4.79 Å². The number of carbonyl (C=O) groups is 1. The van der Waals surface area contributed by atoms with Gasteiger partial charge in [-0.2, -0.15) is 5.10 Å². The maximum atomic E-state index is 11.9. The second-order valence-electron chi connectivity index (χ2n) is 4.27. The Kier molecular flexibility index (Phi) is 2.91.